The molecular formula is C33H30ClN3O4S. The van der Waals surface area contributed by atoms with E-state index in [2.05, 4.69) is 16.0 Å². The van der Waals surface area contributed by atoms with Crippen LogP contribution in [0.25, 0.3) is 6.08 Å². The molecule has 0 fully saturated rings. The molecule has 0 spiro atoms. The Bertz CT molecular complexity index is 1560. The molecule has 7 nitrogen and oxygen atoms in total. The lowest BCUT2D eigenvalue weighted by Gasteiger charge is -2.14. The second-order valence-electron chi connectivity index (χ2n) is 9.09. The number of benzene rings is 4. The smallest absolute Gasteiger partial charge is 0.272 e. The predicted molar refractivity (Wildman–Crippen MR) is 170 cm³/mol. The summed E-state index contributed by atoms with van der Waals surface area (Å²) in [5.74, 6) is -0.355. The highest BCUT2D eigenvalue weighted by atomic mass is 35.5. The van der Waals surface area contributed by atoms with Gasteiger partial charge in [-0.05, 0) is 86.2 Å². The summed E-state index contributed by atoms with van der Waals surface area (Å²) in [6.07, 6.45) is 1.61. The van der Waals surface area contributed by atoms with Crippen LogP contribution in [0.15, 0.2) is 114 Å². The molecule has 4 aromatic carbocycles. The molecule has 4 aromatic rings. The predicted octanol–water partition coefficient (Wildman–Crippen LogP) is 7.27. The molecule has 0 aliphatic carbocycles. The van der Waals surface area contributed by atoms with Crippen LogP contribution in [0.5, 0.6) is 5.75 Å². The topological polar surface area (TPSA) is 96.5 Å². The molecule has 42 heavy (non-hydrogen) atoms. The number of hydrogen-bond acceptors (Lipinski definition) is 5. The van der Waals surface area contributed by atoms with Gasteiger partial charge in [0, 0.05) is 16.1 Å². The van der Waals surface area contributed by atoms with Crippen molar-refractivity contribution in [2.45, 2.75) is 24.0 Å². The van der Waals surface area contributed by atoms with Gasteiger partial charge >= 0.3 is 0 Å². The first kappa shape index (κ1) is 30.4. The van der Waals surface area contributed by atoms with Gasteiger partial charge in [0.25, 0.3) is 11.8 Å². The Morgan fingerprint density at radius 1 is 0.857 bits per heavy atom. The molecule has 0 saturated heterocycles. The quantitative estimate of drug-likeness (QED) is 0.124. The Balaban J connectivity index is 1.44. The van der Waals surface area contributed by atoms with Crippen LogP contribution in [-0.2, 0) is 9.59 Å². The van der Waals surface area contributed by atoms with Crippen LogP contribution in [0, 0.1) is 0 Å². The van der Waals surface area contributed by atoms with Crippen molar-refractivity contribution < 1.29 is 19.1 Å². The van der Waals surface area contributed by atoms with Gasteiger partial charge in [0.05, 0.1) is 22.6 Å². The van der Waals surface area contributed by atoms with Crippen LogP contribution < -0.4 is 20.7 Å². The van der Waals surface area contributed by atoms with E-state index in [-0.39, 0.29) is 11.6 Å². The Hall–Kier alpha value is -4.53. The molecule has 9 heteroatoms. The highest BCUT2D eigenvalue weighted by molar-refractivity contribution is 8.00. The van der Waals surface area contributed by atoms with Crippen LogP contribution in [0.1, 0.15) is 29.8 Å². The summed E-state index contributed by atoms with van der Waals surface area (Å²) in [5.41, 5.74) is 2.31. The van der Waals surface area contributed by atoms with Crippen molar-refractivity contribution in [2.75, 3.05) is 17.2 Å². The van der Waals surface area contributed by atoms with E-state index in [0.717, 1.165) is 4.90 Å². The average Bonchev–Trinajstić information content (AvgIpc) is 3.00. The zero-order valence-corrected chi connectivity index (χ0v) is 24.7. The first-order chi connectivity index (χ1) is 20.3. The minimum Gasteiger partial charge on any atom is -0.494 e. The van der Waals surface area contributed by atoms with Crippen LogP contribution >= 0.6 is 23.4 Å². The minimum atomic E-state index is -0.485. The zero-order valence-electron chi connectivity index (χ0n) is 23.1. The maximum absolute atomic E-state index is 13.3. The Morgan fingerprint density at radius 2 is 1.52 bits per heavy atom. The van der Waals surface area contributed by atoms with Gasteiger partial charge in [-0.15, -0.1) is 11.8 Å². The highest BCUT2D eigenvalue weighted by Gasteiger charge is 2.17. The first-order valence-corrected chi connectivity index (χ1v) is 14.5. The molecule has 0 radical (unpaired) electrons. The lowest BCUT2D eigenvalue weighted by Crippen LogP contribution is -2.30. The number of thioether (sulfide) groups is 1. The van der Waals surface area contributed by atoms with Crippen LogP contribution in [0.4, 0.5) is 11.4 Å². The molecule has 4 rings (SSSR count). The number of ether oxygens (including phenoxy) is 1. The molecule has 3 N–H and O–H groups in total. The van der Waals surface area contributed by atoms with Gasteiger partial charge in [-0.3, -0.25) is 14.4 Å². The number of amides is 3. The van der Waals surface area contributed by atoms with Gasteiger partial charge in [-0.2, -0.15) is 0 Å². The Kier molecular flexibility index (Phi) is 10.8. The fourth-order valence-corrected chi connectivity index (χ4v) is 4.86. The largest absolute Gasteiger partial charge is 0.494 e. The molecule has 0 bridgehead atoms. The molecule has 3 amide bonds. The van der Waals surface area contributed by atoms with E-state index < -0.39 is 17.1 Å². The molecule has 0 aromatic heterocycles. The maximum atomic E-state index is 13.3. The number of halogens is 1. The third-order valence-electron chi connectivity index (χ3n) is 5.96. The number of hydrogen-bond donors (Lipinski definition) is 3. The number of carbonyl (C=O) groups excluding carboxylic acids is 3. The molecule has 0 aliphatic heterocycles. The van der Waals surface area contributed by atoms with E-state index in [4.69, 9.17) is 16.3 Å². The Morgan fingerprint density at radius 3 is 2.19 bits per heavy atom. The molecule has 0 aliphatic rings. The summed E-state index contributed by atoms with van der Waals surface area (Å²) < 4.78 is 5.49. The zero-order chi connectivity index (χ0) is 29.9. The van der Waals surface area contributed by atoms with Crippen molar-refractivity contribution in [2.24, 2.45) is 0 Å². The van der Waals surface area contributed by atoms with Crippen molar-refractivity contribution >= 4 is 58.5 Å². The fourth-order valence-electron chi connectivity index (χ4n) is 3.81. The summed E-state index contributed by atoms with van der Waals surface area (Å²) in [6, 6.07) is 30.1. The lowest BCUT2D eigenvalue weighted by atomic mass is 10.1. The molecular weight excluding hydrogens is 570 g/mol. The van der Waals surface area contributed by atoms with Crippen LogP contribution in [-0.4, -0.2) is 29.6 Å². The van der Waals surface area contributed by atoms with Crippen LogP contribution in [0.3, 0.4) is 0 Å². The number of para-hydroxylation sites is 1. The summed E-state index contributed by atoms with van der Waals surface area (Å²) in [5, 5.41) is 8.50. The van der Waals surface area contributed by atoms with Gasteiger partial charge in [0.2, 0.25) is 5.91 Å². The van der Waals surface area contributed by atoms with Crippen molar-refractivity contribution in [1.82, 2.24) is 5.32 Å². The molecule has 214 valence electrons. The van der Waals surface area contributed by atoms with E-state index in [1.807, 2.05) is 37.3 Å². The third-order valence-corrected chi connectivity index (χ3v) is 7.40. The second-order valence-corrected chi connectivity index (χ2v) is 10.9. The lowest BCUT2D eigenvalue weighted by molar-refractivity contribution is -0.115. The van der Waals surface area contributed by atoms with Crippen molar-refractivity contribution in [3.05, 3.63) is 125 Å². The molecule has 1 atom stereocenters. The van der Waals surface area contributed by atoms with Gasteiger partial charge in [-0.25, -0.2) is 0 Å². The molecule has 1 unspecified atom stereocenters. The van der Waals surface area contributed by atoms with E-state index in [9.17, 15) is 14.4 Å². The number of anilines is 2. The summed E-state index contributed by atoms with van der Waals surface area (Å²) >= 11 is 7.52. The summed E-state index contributed by atoms with van der Waals surface area (Å²) in [7, 11) is 0. The number of nitrogens with one attached hydrogen (secondary N) is 3. The van der Waals surface area contributed by atoms with Crippen molar-refractivity contribution in [3.8, 4) is 5.75 Å². The standard InChI is InChI=1S/C33H30ClN3O4S/c1-3-41-26-17-13-23(14-18-26)21-30(37-32(39)24-9-5-4-6-10-24)33(40)35-25-15-19-27(20-16-25)42-22(2)31(38)36-29-12-8-7-11-28(29)34/h4-22H,3H2,1-2H3,(H,35,40)(H,36,38)(H,37,39)/b30-21-. The first-order valence-electron chi connectivity index (χ1n) is 13.3. The summed E-state index contributed by atoms with van der Waals surface area (Å²) in [6.45, 7) is 4.25. The fraction of sp³-hybridized carbons (Fsp3) is 0.121. The number of rotatable bonds is 11. The van der Waals surface area contributed by atoms with Crippen molar-refractivity contribution in [3.63, 3.8) is 0 Å². The van der Waals surface area contributed by atoms with Gasteiger partial charge in [0.15, 0.2) is 0 Å². The maximum Gasteiger partial charge on any atom is 0.272 e. The van der Waals surface area contributed by atoms with Crippen molar-refractivity contribution in [1.29, 1.82) is 0 Å². The highest BCUT2D eigenvalue weighted by Crippen LogP contribution is 2.27. The number of carbonyl (C=O) groups is 3. The molecule has 0 heterocycles. The van der Waals surface area contributed by atoms with Gasteiger partial charge < -0.3 is 20.7 Å². The van der Waals surface area contributed by atoms with Gasteiger partial charge in [0.1, 0.15) is 11.4 Å². The monoisotopic (exact) mass is 599 g/mol. The summed E-state index contributed by atoms with van der Waals surface area (Å²) in [4.78, 5) is 39.7. The van der Waals surface area contributed by atoms with Crippen LogP contribution in [0.2, 0.25) is 5.02 Å². The SMILES string of the molecule is CCOc1ccc(/C=C(\NC(=O)c2ccccc2)C(=O)Nc2ccc(SC(C)C(=O)Nc3ccccc3Cl)cc2)cc1. The second kappa shape index (κ2) is 14.9. The van der Waals surface area contributed by atoms with Gasteiger partial charge in [-0.1, -0.05) is 54.1 Å². The normalized spacial score (nSPS) is 11.7. The Labute approximate surface area is 254 Å². The molecule has 0 saturated carbocycles. The minimum absolute atomic E-state index is 0.0799. The van der Waals surface area contributed by atoms with E-state index in [0.29, 0.717) is 39.9 Å². The third kappa shape index (κ3) is 8.73. The van der Waals surface area contributed by atoms with E-state index in [1.54, 1.807) is 85.8 Å². The van der Waals surface area contributed by atoms with E-state index >= 15 is 0 Å². The average molecular weight is 600 g/mol. The van der Waals surface area contributed by atoms with E-state index in [1.165, 1.54) is 11.8 Å².